The first-order valence-electron chi connectivity index (χ1n) is 10.7. The van der Waals surface area contributed by atoms with E-state index in [9.17, 15) is 18.7 Å². The highest BCUT2D eigenvalue weighted by atomic mass is 19.3. The molecule has 0 aromatic carbocycles. The molecule has 7 nitrogen and oxygen atoms in total. The lowest BCUT2D eigenvalue weighted by molar-refractivity contribution is -0.166. The topological polar surface area (TPSA) is 89.6 Å². The Kier molecular flexibility index (Phi) is 6.57. The Morgan fingerprint density at radius 2 is 1.79 bits per heavy atom. The van der Waals surface area contributed by atoms with E-state index in [1.54, 1.807) is 47.6 Å². The molecule has 0 aliphatic rings. The van der Waals surface area contributed by atoms with Crippen molar-refractivity contribution >= 4 is 11.6 Å². The summed E-state index contributed by atoms with van der Waals surface area (Å²) >= 11 is 0. The third-order valence-electron chi connectivity index (χ3n) is 5.72. The number of rotatable bonds is 6. The van der Waals surface area contributed by atoms with Crippen LogP contribution in [0.3, 0.4) is 0 Å². The zero-order valence-electron chi connectivity index (χ0n) is 20.0. The molecule has 1 atom stereocenters. The monoisotopic (exact) mass is 460 g/mol. The van der Waals surface area contributed by atoms with Crippen LogP contribution in [0.5, 0.6) is 0 Å². The predicted octanol–water partition coefficient (Wildman–Crippen LogP) is 4.67. The van der Waals surface area contributed by atoms with Crippen LogP contribution in [0, 0.1) is 19.3 Å². The third kappa shape index (κ3) is 4.73. The Bertz CT molecular complexity index is 1180. The summed E-state index contributed by atoms with van der Waals surface area (Å²) in [6, 6.07) is 5.34. The average Bonchev–Trinajstić information content (AvgIpc) is 3.15. The molecule has 178 valence electrons. The normalized spacial score (nSPS) is 13.5. The third-order valence-corrected chi connectivity index (χ3v) is 5.72. The van der Waals surface area contributed by atoms with Crippen LogP contribution in [0.25, 0.3) is 5.65 Å². The number of carbonyl (C=O) groups is 1. The fourth-order valence-electron chi connectivity index (χ4n) is 3.93. The van der Waals surface area contributed by atoms with Crippen LogP contribution in [-0.2, 0) is 16.1 Å². The van der Waals surface area contributed by atoms with Gasteiger partial charge in [-0.05, 0) is 77.3 Å². The van der Waals surface area contributed by atoms with Crippen molar-refractivity contribution in [3.8, 4) is 0 Å². The minimum absolute atomic E-state index is 0.251. The number of pyridine rings is 2. The molecule has 9 heteroatoms. The second-order valence-electron chi connectivity index (χ2n) is 9.76. The SMILES string of the molecule is Cc1ccc(C(c2ccn3c(C(F)F)nnc3c2C)C(C)(C)C(=O)OC(C)(C)C)nc1CO. The van der Waals surface area contributed by atoms with Crippen LogP contribution in [0.15, 0.2) is 24.4 Å². The van der Waals surface area contributed by atoms with E-state index in [4.69, 9.17) is 4.74 Å². The summed E-state index contributed by atoms with van der Waals surface area (Å²) in [4.78, 5) is 18.0. The van der Waals surface area contributed by atoms with Crippen molar-refractivity contribution in [1.29, 1.82) is 0 Å². The van der Waals surface area contributed by atoms with Gasteiger partial charge in [-0.3, -0.25) is 14.2 Å². The highest BCUT2D eigenvalue weighted by Gasteiger charge is 2.43. The van der Waals surface area contributed by atoms with Crippen molar-refractivity contribution in [2.75, 3.05) is 0 Å². The van der Waals surface area contributed by atoms with Crippen LogP contribution in [0.2, 0.25) is 0 Å². The van der Waals surface area contributed by atoms with E-state index in [2.05, 4.69) is 15.2 Å². The fourth-order valence-corrected chi connectivity index (χ4v) is 3.93. The molecule has 33 heavy (non-hydrogen) atoms. The van der Waals surface area contributed by atoms with Crippen LogP contribution < -0.4 is 0 Å². The molecule has 0 aliphatic heterocycles. The predicted molar refractivity (Wildman–Crippen MR) is 119 cm³/mol. The van der Waals surface area contributed by atoms with Crippen molar-refractivity contribution in [2.24, 2.45) is 5.41 Å². The van der Waals surface area contributed by atoms with E-state index >= 15 is 0 Å². The van der Waals surface area contributed by atoms with Crippen LogP contribution in [0.1, 0.15) is 80.9 Å². The van der Waals surface area contributed by atoms with Gasteiger partial charge in [-0.15, -0.1) is 10.2 Å². The van der Waals surface area contributed by atoms with Crippen molar-refractivity contribution in [1.82, 2.24) is 19.6 Å². The van der Waals surface area contributed by atoms with Gasteiger partial charge >= 0.3 is 5.97 Å². The van der Waals surface area contributed by atoms with Crippen LogP contribution in [-0.4, -0.2) is 36.3 Å². The zero-order valence-corrected chi connectivity index (χ0v) is 20.0. The summed E-state index contributed by atoms with van der Waals surface area (Å²) in [6.45, 7) is 12.3. The van der Waals surface area contributed by atoms with Gasteiger partial charge in [-0.25, -0.2) is 8.78 Å². The molecular weight excluding hydrogens is 430 g/mol. The second kappa shape index (κ2) is 8.78. The Morgan fingerprint density at radius 3 is 2.36 bits per heavy atom. The standard InChI is InChI=1S/C24H30F2N4O3/c1-13-8-9-16(27-17(13)12-31)18(24(6,7)22(32)33-23(3,4)5)15-10-11-30-20(14(15)2)28-29-21(30)19(25)26/h8-11,18-19,31H,12H2,1-7H3. The van der Waals surface area contributed by atoms with E-state index in [0.717, 1.165) is 5.56 Å². The molecule has 0 fully saturated rings. The number of hydrogen-bond acceptors (Lipinski definition) is 6. The highest BCUT2D eigenvalue weighted by molar-refractivity contribution is 5.79. The molecule has 3 rings (SSSR count). The largest absolute Gasteiger partial charge is 0.460 e. The first kappa shape index (κ1) is 24.7. The molecule has 1 unspecified atom stereocenters. The number of nitrogens with zero attached hydrogens (tertiary/aromatic N) is 4. The van der Waals surface area contributed by atoms with Gasteiger partial charge in [0.2, 0.25) is 5.82 Å². The number of ether oxygens (including phenoxy) is 1. The number of aryl methyl sites for hydroxylation is 2. The Hall–Kier alpha value is -2.94. The Morgan fingerprint density at radius 1 is 1.12 bits per heavy atom. The molecule has 0 radical (unpaired) electrons. The van der Waals surface area contributed by atoms with Crippen molar-refractivity contribution in [3.05, 3.63) is 58.3 Å². The molecule has 0 saturated heterocycles. The summed E-state index contributed by atoms with van der Waals surface area (Å²) in [6.07, 6.45) is -1.29. The first-order chi connectivity index (χ1) is 15.3. The van der Waals surface area contributed by atoms with Gasteiger partial charge in [0.25, 0.3) is 6.43 Å². The summed E-state index contributed by atoms with van der Waals surface area (Å²) in [7, 11) is 0. The van der Waals surface area contributed by atoms with Gasteiger partial charge in [0.05, 0.1) is 17.7 Å². The Labute approximate surface area is 191 Å². The number of alkyl halides is 2. The number of halogens is 2. The lowest BCUT2D eigenvalue weighted by Crippen LogP contribution is -2.39. The molecule has 1 N–H and O–H groups in total. The maximum absolute atomic E-state index is 13.3. The van der Waals surface area contributed by atoms with E-state index in [-0.39, 0.29) is 12.3 Å². The van der Waals surface area contributed by atoms with Gasteiger partial charge in [-0.1, -0.05) is 6.07 Å². The summed E-state index contributed by atoms with van der Waals surface area (Å²) in [5, 5.41) is 17.4. The van der Waals surface area contributed by atoms with Gasteiger partial charge in [-0.2, -0.15) is 0 Å². The molecule has 3 heterocycles. The van der Waals surface area contributed by atoms with Gasteiger partial charge < -0.3 is 9.84 Å². The van der Waals surface area contributed by atoms with Crippen LogP contribution >= 0.6 is 0 Å². The fraction of sp³-hybridized carbons (Fsp3) is 0.500. The zero-order chi connectivity index (χ0) is 24.7. The summed E-state index contributed by atoms with van der Waals surface area (Å²) in [5.41, 5.74) is 1.66. The number of fused-ring (bicyclic) bond motifs is 1. The van der Waals surface area contributed by atoms with Crippen molar-refractivity contribution in [3.63, 3.8) is 0 Å². The van der Waals surface area contributed by atoms with Crippen LogP contribution in [0.4, 0.5) is 8.78 Å². The average molecular weight is 461 g/mol. The molecule has 0 saturated carbocycles. The van der Waals surface area contributed by atoms with Crippen molar-refractivity contribution in [2.45, 2.75) is 73.0 Å². The van der Waals surface area contributed by atoms with Crippen molar-refractivity contribution < 1.29 is 23.4 Å². The van der Waals surface area contributed by atoms with E-state index in [1.165, 1.54) is 10.6 Å². The number of carbonyl (C=O) groups excluding carboxylic acids is 1. The first-order valence-corrected chi connectivity index (χ1v) is 10.7. The second-order valence-corrected chi connectivity index (χ2v) is 9.76. The van der Waals surface area contributed by atoms with Gasteiger partial charge in [0.15, 0.2) is 5.65 Å². The number of hydrogen-bond donors (Lipinski definition) is 1. The van der Waals surface area contributed by atoms with Gasteiger partial charge in [0.1, 0.15) is 5.60 Å². The molecular formula is C24H30F2N4O3. The molecule has 3 aromatic heterocycles. The number of aliphatic hydroxyl groups is 1. The highest BCUT2D eigenvalue weighted by Crippen LogP contribution is 2.44. The maximum Gasteiger partial charge on any atom is 0.313 e. The van der Waals surface area contributed by atoms with E-state index in [0.29, 0.717) is 22.5 Å². The maximum atomic E-state index is 13.3. The molecule has 0 spiro atoms. The molecule has 3 aromatic rings. The molecule has 0 aliphatic carbocycles. The lowest BCUT2D eigenvalue weighted by Gasteiger charge is -2.36. The smallest absolute Gasteiger partial charge is 0.313 e. The molecule has 0 bridgehead atoms. The quantitative estimate of drug-likeness (QED) is 0.538. The molecule has 0 amide bonds. The van der Waals surface area contributed by atoms with E-state index < -0.39 is 35.2 Å². The van der Waals surface area contributed by atoms with E-state index in [1.807, 2.05) is 19.1 Å². The number of aromatic nitrogens is 4. The minimum atomic E-state index is -2.77. The summed E-state index contributed by atoms with van der Waals surface area (Å²) < 4.78 is 33.7. The number of esters is 1. The lowest BCUT2D eigenvalue weighted by atomic mass is 9.71. The van der Waals surface area contributed by atoms with Gasteiger partial charge in [0, 0.05) is 17.8 Å². The number of aliphatic hydroxyl groups excluding tert-OH is 1. The summed E-state index contributed by atoms with van der Waals surface area (Å²) in [5.74, 6) is -1.48. The Balaban J connectivity index is 2.25. The minimum Gasteiger partial charge on any atom is -0.460 e.